The molecule has 0 saturated carbocycles. The van der Waals surface area contributed by atoms with Crippen molar-refractivity contribution in [2.45, 2.75) is 19.2 Å². The zero-order valence-electron chi connectivity index (χ0n) is 19.9. The summed E-state index contributed by atoms with van der Waals surface area (Å²) in [5.74, 6) is 0.617. The van der Waals surface area contributed by atoms with Gasteiger partial charge in [0, 0.05) is 37.8 Å². The number of fused-ring (bicyclic) bond motifs is 1. The van der Waals surface area contributed by atoms with Gasteiger partial charge in [0.15, 0.2) is 18.2 Å². The number of β-amino-alcohol motifs (C(OH)–C–C–N with tert-alkyl or cyclic N) is 1. The maximum atomic E-state index is 12.6. The molecule has 0 aliphatic carbocycles. The number of nitrogens with one attached hydrogen (secondary N) is 2. The Morgan fingerprint density at radius 3 is 2.77 bits per heavy atom. The van der Waals surface area contributed by atoms with Crippen molar-refractivity contribution in [2.24, 2.45) is 7.05 Å². The topological polar surface area (TPSA) is 125 Å². The second-order valence-electron chi connectivity index (χ2n) is 8.50. The van der Waals surface area contributed by atoms with Crippen LogP contribution in [0.1, 0.15) is 6.92 Å². The van der Waals surface area contributed by atoms with Crippen LogP contribution in [0.25, 0.3) is 10.9 Å². The van der Waals surface area contributed by atoms with Crippen LogP contribution in [0, 0.1) is 0 Å². The highest BCUT2D eigenvalue weighted by atomic mass is 35.5. The predicted molar refractivity (Wildman–Crippen MR) is 135 cm³/mol. The summed E-state index contributed by atoms with van der Waals surface area (Å²) in [7, 11) is 5.02. The van der Waals surface area contributed by atoms with E-state index in [0.717, 1.165) is 5.39 Å². The Hall–Kier alpha value is -3.41. The highest BCUT2D eigenvalue weighted by molar-refractivity contribution is 6.32. The lowest BCUT2D eigenvalue weighted by Gasteiger charge is -2.41. The van der Waals surface area contributed by atoms with Gasteiger partial charge in [0.25, 0.3) is 11.5 Å². The molecule has 1 aliphatic rings. The number of rotatable bonds is 6. The van der Waals surface area contributed by atoms with Gasteiger partial charge in [-0.15, -0.1) is 0 Å². The van der Waals surface area contributed by atoms with E-state index in [1.807, 2.05) is 35.9 Å². The van der Waals surface area contributed by atoms with E-state index in [-0.39, 0.29) is 29.9 Å². The lowest BCUT2D eigenvalue weighted by molar-refractivity contribution is -0.122. The molecule has 1 aliphatic heterocycles. The number of piperazine rings is 1. The third kappa shape index (κ3) is 5.16. The molecule has 2 aromatic heterocycles. The zero-order chi connectivity index (χ0) is 25.3. The summed E-state index contributed by atoms with van der Waals surface area (Å²) in [5, 5.41) is 17.1. The first-order valence-corrected chi connectivity index (χ1v) is 11.5. The van der Waals surface area contributed by atoms with Crippen LogP contribution >= 0.6 is 11.6 Å². The fraction of sp³-hybridized carbons (Fsp3) is 0.391. The van der Waals surface area contributed by atoms with Gasteiger partial charge in [0.1, 0.15) is 11.3 Å². The number of aliphatic hydroxyl groups excluding tert-OH is 1. The summed E-state index contributed by atoms with van der Waals surface area (Å²) in [6, 6.07) is 7.18. The third-order valence-electron chi connectivity index (χ3n) is 6.14. The number of carbonyl (C=O) groups is 1. The number of likely N-dealkylation sites (N-methyl/N-ethyl adjacent to an activating group) is 2. The van der Waals surface area contributed by atoms with Gasteiger partial charge in [-0.25, -0.2) is 4.98 Å². The van der Waals surface area contributed by atoms with E-state index in [1.165, 1.54) is 17.8 Å². The molecule has 12 heteroatoms. The Labute approximate surface area is 207 Å². The number of ether oxygens (including phenoxy) is 1. The number of amides is 1. The van der Waals surface area contributed by atoms with E-state index >= 15 is 0 Å². The van der Waals surface area contributed by atoms with Crippen molar-refractivity contribution in [2.75, 3.05) is 44.0 Å². The quantitative estimate of drug-likeness (QED) is 0.458. The van der Waals surface area contributed by atoms with Crippen molar-refractivity contribution in [3.8, 4) is 5.75 Å². The Morgan fingerprint density at radius 2 is 2.06 bits per heavy atom. The largest absolute Gasteiger partial charge is 0.478 e. The Balaban J connectivity index is 1.61. The molecule has 1 fully saturated rings. The molecule has 4 rings (SSSR count). The molecule has 1 aromatic carbocycles. The number of hydrogen-bond acceptors (Lipinski definition) is 9. The van der Waals surface area contributed by atoms with E-state index in [0.29, 0.717) is 41.1 Å². The molecule has 3 N–H and O–H groups in total. The predicted octanol–water partition coefficient (Wildman–Crippen LogP) is 1.31. The maximum Gasteiger partial charge on any atom is 0.293 e. The minimum Gasteiger partial charge on any atom is -0.478 e. The smallest absolute Gasteiger partial charge is 0.293 e. The first-order chi connectivity index (χ1) is 16.7. The molecule has 2 atom stereocenters. The van der Waals surface area contributed by atoms with E-state index in [1.54, 1.807) is 19.2 Å². The van der Waals surface area contributed by atoms with E-state index in [2.05, 4.69) is 20.6 Å². The van der Waals surface area contributed by atoms with Crippen molar-refractivity contribution in [3.63, 3.8) is 0 Å². The standard InChI is InChI=1S/C23H28ClN7O4/c1-13-10-31(11-20(33)29(13)3)23-26-9-16(24)21(28-23)27-15-5-6-17-14(7-15)8-18(22(34)30(17)4)35-12-19(32)25-2/h5-9,13,20,33H,10-12H2,1-4H3,(H,25,32)(H,26,27,28)/t13?,20-/m1/s1. The van der Waals surface area contributed by atoms with Crippen LogP contribution in [0.2, 0.25) is 5.02 Å². The Kier molecular flexibility index (Phi) is 7.10. The average Bonchev–Trinajstić information content (AvgIpc) is 2.84. The van der Waals surface area contributed by atoms with Gasteiger partial charge < -0.3 is 29.9 Å². The first kappa shape index (κ1) is 24.7. The molecule has 35 heavy (non-hydrogen) atoms. The van der Waals surface area contributed by atoms with Gasteiger partial charge in [-0.1, -0.05) is 11.6 Å². The lowest BCUT2D eigenvalue weighted by atomic mass is 10.2. The summed E-state index contributed by atoms with van der Waals surface area (Å²) < 4.78 is 6.89. The zero-order valence-corrected chi connectivity index (χ0v) is 20.7. The maximum absolute atomic E-state index is 12.6. The molecule has 0 spiro atoms. The molecule has 1 saturated heterocycles. The SMILES string of the molecule is CNC(=O)COc1cc2cc(Nc3nc(N4CC(C)N(C)[C@H](O)C4)ncc3Cl)ccc2n(C)c1=O. The second kappa shape index (κ2) is 10.1. The molecule has 3 aromatic rings. The molecular formula is C23H28ClN7O4. The van der Waals surface area contributed by atoms with E-state index in [9.17, 15) is 14.7 Å². The van der Waals surface area contributed by atoms with Crippen LogP contribution in [0.5, 0.6) is 5.75 Å². The van der Waals surface area contributed by atoms with Gasteiger partial charge in [-0.05, 0) is 38.2 Å². The summed E-state index contributed by atoms with van der Waals surface area (Å²) in [5.41, 5.74) is 1.05. The van der Waals surface area contributed by atoms with Crippen LogP contribution in [0.15, 0.2) is 35.3 Å². The van der Waals surface area contributed by atoms with Gasteiger partial charge in [-0.3, -0.25) is 14.5 Å². The van der Waals surface area contributed by atoms with Gasteiger partial charge in [-0.2, -0.15) is 4.98 Å². The molecular weight excluding hydrogens is 474 g/mol. The van der Waals surface area contributed by atoms with Crippen LogP contribution in [0.4, 0.5) is 17.5 Å². The summed E-state index contributed by atoms with van der Waals surface area (Å²) in [4.78, 5) is 36.9. The Morgan fingerprint density at radius 1 is 1.29 bits per heavy atom. The number of anilines is 3. The van der Waals surface area contributed by atoms with Gasteiger partial charge >= 0.3 is 0 Å². The van der Waals surface area contributed by atoms with Gasteiger partial charge in [0.2, 0.25) is 5.95 Å². The highest BCUT2D eigenvalue weighted by Crippen LogP contribution is 2.28. The molecule has 1 amide bonds. The number of hydrogen-bond donors (Lipinski definition) is 3. The van der Waals surface area contributed by atoms with Gasteiger partial charge in [0.05, 0.1) is 18.3 Å². The molecule has 186 valence electrons. The van der Waals surface area contributed by atoms with Crippen molar-refractivity contribution in [3.05, 3.63) is 45.8 Å². The summed E-state index contributed by atoms with van der Waals surface area (Å²) in [6.07, 6.45) is 0.901. The number of nitrogens with zero attached hydrogens (tertiary/aromatic N) is 5. The monoisotopic (exact) mass is 501 g/mol. The lowest BCUT2D eigenvalue weighted by Crippen LogP contribution is -2.56. The molecule has 3 heterocycles. The minimum absolute atomic E-state index is 0.0749. The first-order valence-electron chi connectivity index (χ1n) is 11.1. The second-order valence-corrected chi connectivity index (χ2v) is 8.91. The number of carbonyl (C=O) groups excluding carboxylic acids is 1. The molecule has 1 unspecified atom stereocenters. The number of halogens is 1. The fourth-order valence-electron chi connectivity index (χ4n) is 3.89. The third-order valence-corrected chi connectivity index (χ3v) is 6.42. The Bertz CT molecular complexity index is 1300. The van der Waals surface area contributed by atoms with Crippen molar-refractivity contribution < 1.29 is 14.6 Å². The molecule has 11 nitrogen and oxygen atoms in total. The van der Waals surface area contributed by atoms with Crippen molar-refractivity contribution in [1.82, 2.24) is 24.8 Å². The summed E-state index contributed by atoms with van der Waals surface area (Å²) in [6.45, 7) is 2.82. The summed E-state index contributed by atoms with van der Waals surface area (Å²) >= 11 is 6.37. The number of aromatic nitrogens is 3. The van der Waals surface area contributed by atoms with Crippen LogP contribution < -0.4 is 25.8 Å². The van der Waals surface area contributed by atoms with Crippen LogP contribution in [-0.4, -0.2) is 76.5 Å². The fourth-order valence-corrected chi connectivity index (χ4v) is 4.03. The number of aliphatic hydroxyl groups is 1. The average molecular weight is 502 g/mol. The number of benzene rings is 1. The highest BCUT2D eigenvalue weighted by Gasteiger charge is 2.29. The normalized spacial score (nSPS) is 18.5. The van der Waals surface area contributed by atoms with Crippen molar-refractivity contribution in [1.29, 1.82) is 0 Å². The van der Waals surface area contributed by atoms with Crippen molar-refractivity contribution >= 4 is 45.9 Å². The van der Waals surface area contributed by atoms with Crippen LogP contribution in [0.3, 0.4) is 0 Å². The number of pyridine rings is 1. The molecule has 0 radical (unpaired) electrons. The van der Waals surface area contributed by atoms with Crippen LogP contribution in [-0.2, 0) is 11.8 Å². The number of aryl methyl sites for hydroxylation is 1. The molecule has 0 bridgehead atoms. The van der Waals surface area contributed by atoms with E-state index in [4.69, 9.17) is 16.3 Å². The minimum atomic E-state index is -0.624. The van der Waals surface area contributed by atoms with E-state index < -0.39 is 6.23 Å².